The number of carboxylic acid groups (broad SMARTS) is 1. The Labute approximate surface area is 193 Å². The summed E-state index contributed by atoms with van der Waals surface area (Å²) in [4.78, 5) is 30.7. The van der Waals surface area contributed by atoms with Crippen molar-refractivity contribution in [1.29, 1.82) is 0 Å². The van der Waals surface area contributed by atoms with Gasteiger partial charge in [0.25, 0.3) is 5.91 Å². The van der Waals surface area contributed by atoms with E-state index >= 15 is 0 Å². The van der Waals surface area contributed by atoms with Crippen molar-refractivity contribution in [1.82, 2.24) is 20.2 Å². The number of hydrogen-bond acceptors (Lipinski definition) is 3. The van der Waals surface area contributed by atoms with Gasteiger partial charge in [0.1, 0.15) is 23.0 Å². The number of aromatic nitrogens is 2. The second kappa shape index (κ2) is 8.90. The molecule has 5 heterocycles. The van der Waals surface area contributed by atoms with Crippen LogP contribution in [0.1, 0.15) is 33.8 Å². The van der Waals surface area contributed by atoms with Crippen LogP contribution in [0.2, 0.25) is 0 Å². The minimum absolute atomic E-state index is 0.0000926. The topological polar surface area (TPSA) is 101 Å². The molecule has 7 nitrogen and oxygen atoms in total. The maximum atomic E-state index is 13.7. The number of carboxylic acids is 1. The average molecular weight is 466 g/mol. The van der Waals surface area contributed by atoms with Crippen molar-refractivity contribution in [3.63, 3.8) is 0 Å². The number of fused-ring (bicyclic) bond motifs is 5. The van der Waals surface area contributed by atoms with Crippen LogP contribution in [-0.2, 0) is 0 Å². The second-order valence-electron chi connectivity index (χ2n) is 8.80. The van der Waals surface area contributed by atoms with Crippen LogP contribution in [0.25, 0.3) is 21.8 Å². The summed E-state index contributed by atoms with van der Waals surface area (Å²) in [6.07, 6.45) is 2.32. The summed E-state index contributed by atoms with van der Waals surface area (Å²) in [7, 11) is 0. The molecule has 3 fully saturated rings. The Bertz CT molecular complexity index is 1370. The zero-order valence-corrected chi connectivity index (χ0v) is 18.3. The van der Waals surface area contributed by atoms with Gasteiger partial charge in [-0.3, -0.25) is 4.79 Å². The van der Waals surface area contributed by atoms with E-state index < -0.39 is 11.8 Å². The van der Waals surface area contributed by atoms with Crippen LogP contribution in [0.3, 0.4) is 0 Å². The standard InChI is InChI=1S/C16H18FN3O.C9H6FNO2/c17-12-3-1-2-11-8-13(18-15(11)12)16(21)19-14-9-20-6-4-10(14)5-7-20;10-6-3-1-2-5-4-7(9(12)13)11-8(5)6/h1-3,8,10,14,18H,4-7,9H2,(H,19,21);1-4,11H,(H,12,13). The van der Waals surface area contributed by atoms with E-state index in [0.29, 0.717) is 22.5 Å². The lowest BCUT2D eigenvalue weighted by atomic mass is 9.84. The largest absolute Gasteiger partial charge is 0.477 e. The molecule has 34 heavy (non-hydrogen) atoms. The number of halogens is 2. The maximum Gasteiger partial charge on any atom is 0.352 e. The van der Waals surface area contributed by atoms with Crippen molar-refractivity contribution in [3.8, 4) is 0 Å². The Kier molecular flexibility index (Phi) is 5.79. The summed E-state index contributed by atoms with van der Waals surface area (Å²) in [5.41, 5.74) is 1.07. The third-order valence-electron chi connectivity index (χ3n) is 6.66. The maximum absolute atomic E-state index is 13.7. The zero-order chi connectivity index (χ0) is 23.8. The Balaban J connectivity index is 0.000000159. The van der Waals surface area contributed by atoms with E-state index in [-0.39, 0.29) is 29.0 Å². The summed E-state index contributed by atoms with van der Waals surface area (Å²) >= 11 is 0. The van der Waals surface area contributed by atoms with Gasteiger partial charge >= 0.3 is 5.97 Å². The molecular formula is C25H24F2N4O3. The first-order valence-corrected chi connectivity index (χ1v) is 11.2. The molecule has 4 aromatic rings. The van der Waals surface area contributed by atoms with E-state index in [1.807, 2.05) is 0 Å². The van der Waals surface area contributed by atoms with Gasteiger partial charge in [-0.05, 0) is 56.1 Å². The number of nitrogens with one attached hydrogen (secondary N) is 3. The lowest BCUT2D eigenvalue weighted by molar-refractivity contribution is 0.0618. The lowest BCUT2D eigenvalue weighted by Gasteiger charge is -2.44. The molecule has 9 heteroatoms. The number of rotatable bonds is 3. The molecule has 4 N–H and O–H groups in total. The number of aromatic carboxylic acids is 1. The predicted octanol–water partition coefficient (Wildman–Crippen LogP) is 4.14. The Hall–Kier alpha value is -3.72. The molecule has 7 rings (SSSR count). The number of nitrogens with zero attached hydrogens (tertiary/aromatic N) is 1. The highest BCUT2D eigenvalue weighted by atomic mass is 19.1. The summed E-state index contributed by atoms with van der Waals surface area (Å²) in [6.45, 7) is 3.23. The highest BCUT2D eigenvalue weighted by Gasteiger charge is 2.35. The highest BCUT2D eigenvalue weighted by molar-refractivity contribution is 5.98. The lowest BCUT2D eigenvalue weighted by Crippen LogP contribution is -2.57. The minimum atomic E-state index is -1.09. The van der Waals surface area contributed by atoms with E-state index in [1.54, 1.807) is 24.3 Å². The smallest absolute Gasteiger partial charge is 0.352 e. The van der Waals surface area contributed by atoms with Gasteiger partial charge in [0.05, 0.1) is 11.0 Å². The van der Waals surface area contributed by atoms with Crippen LogP contribution in [0.5, 0.6) is 0 Å². The number of hydrogen-bond donors (Lipinski definition) is 4. The summed E-state index contributed by atoms with van der Waals surface area (Å²) in [6, 6.07) is 12.7. The fraction of sp³-hybridized carbons (Fsp3) is 0.280. The van der Waals surface area contributed by atoms with Crippen LogP contribution < -0.4 is 5.32 Å². The van der Waals surface area contributed by atoms with Crippen LogP contribution in [0, 0.1) is 17.6 Å². The Morgan fingerprint density at radius 1 is 0.912 bits per heavy atom. The van der Waals surface area contributed by atoms with E-state index in [0.717, 1.165) is 37.9 Å². The summed E-state index contributed by atoms with van der Waals surface area (Å²) in [5.74, 6) is -1.40. The van der Waals surface area contributed by atoms with Crippen LogP contribution in [-0.4, -0.2) is 57.5 Å². The molecule has 3 aliphatic rings. The molecule has 0 spiro atoms. The first-order valence-electron chi connectivity index (χ1n) is 11.2. The normalized spacial score (nSPS) is 21.3. The van der Waals surface area contributed by atoms with Gasteiger partial charge in [-0.15, -0.1) is 0 Å². The van der Waals surface area contributed by atoms with Crippen LogP contribution in [0.4, 0.5) is 8.78 Å². The molecule has 1 amide bonds. The van der Waals surface area contributed by atoms with Gasteiger partial charge in [-0.2, -0.15) is 0 Å². The Morgan fingerprint density at radius 2 is 1.47 bits per heavy atom. The first kappa shape index (κ1) is 22.1. The Morgan fingerprint density at radius 3 is 1.97 bits per heavy atom. The number of carbonyl (C=O) groups excluding carboxylic acids is 1. The third-order valence-corrected chi connectivity index (χ3v) is 6.66. The number of benzene rings is 2. The number of aromatic amines is 2. The monoisotopic (exact) mass is 466 g/mol. The van der Waals surface area contributed by atoms with E-state index in [1.165, 1.54) is 24.3 Å². The SMILES string of the molecule is O=C(NC1CN2CCC1CC2)c1cc2cccc(F)c2[nH]1.O=C(O)c1cc2cccc(F)c2[nH]1. The van der Waals surface area contributed by atoms with Gasteiger partial charge in [-0.25, -0.2) is 13.6 Å². The van der Waals surface area contributed by atoms with Gasteiger partial charge < -0.3 is 25.3 Å². The molecule has 1 atom stereocenters. The number of carbonyl (C=O) groups is 2. The average Bonchev–Trinajstić information content (AvgIpc) is 3.47. The van der Waals surface area contributed by atoms with Crippen LogP contribution >= 0.6 is 0 Å². The third kappa shape index (κ3) is 4.26. The number of piperidine rings is 3. The highest BCUT2D eigenvalue weighted by Crippen LogP contribution is 2.28. The van der Waals surface area contributed by atoms with Gasteiger partial charge in [0.15, 0.2) is 0 Å². The van der Waals surface area contributed by atoms with Crippen molar-refractivity contribution in [2.45, 2.75) is 18.9 Å². The summed E-state index contributed by atoms with van der Waals surface area (Å²) < 4.78 is 26.7. The molecule has 1 unspecified atom stereocenters. The molecule has 3 aliphatic heterocycles. The molecule has 0 saturated carbocycles. The fourth-order valence-electron chi connectivity index (χ4n) is 4.85. The molecule has 0 radical (unpaired) electrons. The van der Waals surface area contributed by atoms with Crippen molar-refractivity contribution in [2.75, 3.05) is 19.6 Å². The molecule has 2 bridgehead atoms. The number of H-pyrrole nitrogens is 2. The summed E-state index contributed by atoms with van der Waals surface area (Å²) in [5, 5.41) is 13.0. The van der Waals surface area contributed by atoms with Crippen molar-refractivity contribution in [3.05, 3.63) is 71.6 Å². The van der Waals surface area contributed by atoms with E-state index in [4.69, 9.17) is 5.11 Å². The van der Waals surface area contributed by atoms with Crippen LogP contribution in [0.15, 0.2) is 48.5 Å². The molecule has 176 valence electrons. The molecule has 0 aliphatic carbocycles. The molecule has 2 aromatic heterocycles. The molecule has 2 aromatic carbocycles. The minimum Gasteiger partial charge on any atom is -0.477 e. The van der Waals surface area contributed by atoms with E-state index in [9.17, 15) is 18.4 Å². The van der Waals surface area contributed by atoms with Crippen molar-refractivity contribution >= 4 is 33.7 Å². The van der Waals surface area contributed by atoms with Gasteiger partial charge in [0.2, 0.25) is 0 Å². The zero-order valence-electron chi connectivity index (χ0n) is 18.3. The predicted molar refractivity (Wildman–Crippen MR) is 124 cm³/mol. The van der Waals surface area contributed by atoms with E-state index in [2.05, 4.69) is 20.2 Å². The fourth-order valence-corrected chi connectivity index (χ4v) is 4.85. The van der Waals surface area contributed by atoms with Gasteiger partial charge in [-0.1, -0.05) is 24.3 Å². The number of amides is 1. The first-order chi connectivity index (χ1) is 16.4. The second-order valence-corrected chi connectivity index (χ2v) is 8.80. The quantitative estimate of drug-likeness (QED) is 0.365. The molecular weight excluding hydrogens is 442 g/mol. The van der Waals surface area contributed by atoms with Crippen molar-refractivity contribution < 1.29 is 23.5 Å². The molecule has 3 saturated heterocycles. The van der Waals surface area contributed by atoms with Crippen molar-refractivity contribution in [2.24, 2.45) is 5.92 Å². The van der Waals surface area contributed by atoms with Gasteiger partial charge in [0, 0.05) is 23.4 Å². The number of para-hydroxylation sites is 2.